The van der Waals surface area contributed by atoms with Gasteiger partial charge in [0.25, 0.3) is 0 Å². The van der Waals surface area contributed by atoms with Gasteiger partial charge in [-0.15, -0.1) is 0 Å². The summed E-state index contributed by atoms with van der Waals surface area (Å²) in [5, 5.41) is 19.3. The molecule has 0 aromatic heterocycles. The standard InChI is InChI=1S/C15H24O5/c1-9(7-20-8-15(18)19-2)10-3-11-5-14(17)13(6-16)12(11)4-10/h4,9,11-14,16-17H,3,5-8H2,1-2H3/t9?,11?,12?,13-,14-/m1/s1. The zero-order valence-corrected chi connectivity index (χ0v) is 12.1. The Morgan fingerprint density at radius 1 is 1.55 bits per heavy atom. The lowest BCUT2D eigenvalue weighted by molar-refractivity contribution is -0.146. The molecule has 2 rings (SSSR count). The summed E-state index contributed by atoms with van der Waals surface area (Å²) in [7, 11) is 1.34. The number of carbonyl (C=O) groups is 1. The molecule has 5 heteroatoms. The lowest BCUT2D eigenvalue weighted by Crippen LogP contribution is -2.22. The van der Waals surface area contributed by atoms with Crippen LogP contribution in [0.1, 0.15) is 19.8 Å². The van der Waals surface area contributed by atoms with Crippen LogP contribution in [0.3, 0.4) is 0 Å². The Labute approximate surface area is 119 Å². The predicted octanol–water partition coefficient (Wildman–Crippen LogP) is 0.748. The van der Waals surface area contributed by atoms with Crippen LogP contribution in [0, 0.1) is 23.7 Å². The molecule has 2 aliphatic carbocycles. The van der Waals surface area contributed by atoms with Gasteiger partial charge in [0, 0.05) is 18.4 Å². The van der Waals surface area contributed by atoms with E-state index in [1.165, 1.54) is 12.7 Å². The Kier molecular flexibility index (Phi) is 5.18. The third-order valence-corrected chi connectivity index (χ3v) is 4.64. The first kappa shape index (κ1) is 15.5. The van der Waals surface area contributed by atoms with E-state index in [1.54, 1.807) is 0 Å². The molecule has 2 N–H and O–H groups in total. The van der Waals surface area contributed by atoms with Crippen molar-refractivity contribution in [1.29, 1.82) is 0 Å². The largest absolute Gasteiger partial charge is 0.467 e. The van der Waals surface area contributed by atoms with Crippen molar-refractivity contribution in [2.45, 2.75) is 25.9 Å². The number of fused-ring (bicyclic) bond motifs is 1. The molecule has 0 bridgehead atoms. The van der Waals surface area contributed by atoms with E-state index in [9.17, 15) is 15.0 Å². The average Bonchev–Trinajstić information content (AvgIpc) is 2.94. The third-order valence-electron chi connectivity index (χ3n) is 4.64. The van der Waals surface area contributed by atoms with E-state index in [0.717, 1.165) is 12.8 Å². The minimum atomic E-state index is -0.376. The number of esters is 1. The summed E-state index contributed by atoms with van der Waals surface area (Å²) >= 11 is 0. The molecule has 0 spiro atoms. The Bertz CT molecular complexity index is 378. The molecule has 20 heavy (non-hydrogen) atoms. The summed E-state index contributed by atoms with van der Waals surface area (Å²) in [4.78, 5) is 11.0. The molecule has 0 aromatic carbocycles. The minimum Gasteiger partial charge on any atom is -0.467 e. The molecule has 0 heterocycles. The number of aliphatic hydroxyl groups is 2. The summed E-state index contributed by atoms with van der Waals surface area (Å²) < 4.78 is 9.87. The normalized spacial score (nSPS) is 33.7. The van der Waals surface area contributed by atoms with Crippen LogP contribution in [-0.4, -0.2) is 49.2 Å². The zero-order valence-electron chi connectivity index (χ0n) is 12.1. The van der Waals surface area contributed by atoms with Crippen molar-refractivity contribution >= 4 is 5.97 Å². The van der Waals surface area contributed by atoms with Gasteiger partial charge in [0.1, 0.15) is 6.61 Å². The minimum absolute atomic E-state index is 0.0149. The third kappa shape index (κ3) is 3.22. The van der Waals surface area contributed by atoms with Crippen molar-refractivity contribution in [3.63, 3.8) is 0 Å². The van der Waals surface area contributed by atoms with Gasteiger partial charge < -0.3 is 19.7 Å². The van der Waals surface area contributed by atoms with Crippen LogP contribution in [0.25, 0.3) is 0 Å². The first-order valence-corrected chi connectivity index (χ1v) is 7.20. The molecule has 1 fully saturated rings. The number of rotatable bonds is 6. The number of carbonyl (C=O) groups excluding carboxylic acids is 1. The molecule has 5 nitrogen and oxygen atoms in total. The van der Waals surface area contributed by atoms with E-state index in [2.05, 4.69) is 17.7 Å². The Hall–Kier alpha value is -0.910. The van der Waals surface area contributed by atoms with E-state index in [4.69, 9.17) is 4.74 Å². The van der Waals surface area contributed by atoms with Gasteiger partial charge in [-0.3, -0.25) is 0 Å². The van der Waals surface area contributed by atoms with Crippen LogP contribution in [0.2, 0.25) is 0 Å². The number of hydrogen-bond donors (Lipinski definition) is 2. The number of allylic oxidation sites excluding steroid dienone is 1. The molecular weight excluding hydrogens is 260 g/mol. The molecular formula is C15H24O5. The van der Waals surface area contributed by atoms with Gasteiger partial charge in [-0.2, -0.15) is 0 Å². The van der Waals surface area contributed by atoms with Crippen molar-refractivity contribution in [3.8, 4) is 0 Å². The molecule has 114 valence electrons. The molecule has 0 radical (unpaired) electrons. The van der Waals surface area contributed by atoms with E-state index >= 15 is 0 Å². The number of ether oxygens (including phenoxy) is 2. The van der Waals surface area contributed by atoms with Gasteiger partial charge >= 0.3 is 5.97 Å². The maximum atomic E-state index is 11.0. The highest BCUT2D eigenvalue weighted by atomic mass is 16.6. The zero-order chi connectivity index (χ0) is 14.7. The molecule has 0 aromatic rings. The lowest BCUT2D eigenvalue weighted by Gasteiger charge is -2.17. The number of hydrogen-bond acceptors (Lipinski definition) is 5. The molecule has 3 unspecified atom stereocenters. The van der Waals surface area contributed by atoms with Crippen molar-refractivity contribution in [1.82, 2.24) is 0 Å². The van der Waals surface area contributed by atoms with Crippen molar-refractivity contribution in [3.05, 3.63) is 11.6 Å². The van der Waals surface area contributed by atoms with Crippen LogP contribution >= 0.6 is 0 Å². The van der Waals surface area contributed by atoms with E-state index in [0.29, 0.717) is 12.5 Å². The summed E-state index contributed by atoms with van der Waals surface area (Å²) in [5.74, 6) is 0.591. The molecule has 0 saturated heterocycles. The Morgan fingerprint density at radius 2 is 2.30 bits per heavy atom. The second-order valence-electron chi connectivity index (χ2n) is 5.92. The molecule has 1 saturated carbocycles. The molecule has 0 amide bonds. The fourth-order valence-electron chi connectivity index (χ4n) is 3.44. The highest BCUT2D eigenvalue weighted by Crippen LogP contribution is 2.47. The fourth-order valence-corrected chi connectivity index (χ4v) is 3.44. The van der Waals surface area contributed by atoms with Crippen LogP contribution in [0.4, 0.5) is 0 Å². The lowest BCUT2D eigenvalue weighted by atomic mass is 9.93. The van der Waals surface area contributed by atoms with Gasteiger partial charge in [-0.05, 0) is 24.7 Å². The summed E-state index contributed by atoms with van der Waals surface area (Å²) in [6, 6.07) is 0. The first-order chi connectivity index (χ1) is 9.56. The number of methoxy groups -OCH3 is 1. The molecule has 5 atom stereocenters. The molecule has 0 aliphatic heterocycles. The van der Waals surface area contributed by atoms with Crippen molar-refractivity contribution in [2.75, 3.05) is 26.9 Å². The SMILES string of the molecule is COC(=O)COCC(C)C1=CC2C(C1)C[C@@H](O)[C@@H]2CO. The Morgan fingerprint density at radius 3 is 2.95 bits per heavy atom. The monoisotopic (exact) mass is 284 g/mol. The van der Waals surface area contributed by atoms with E-state index in [1.807, 2.05) is 0 Å². The average molecular weight is 284 g/mol. The van der Waals surface area contributed by atoms with Crippen LogP contribution in [-0.2, 0) is 14.3 Å². The molecule has 2 aliphatic rings. The van der Waals surface area contributed by atoms with Gasteiger partial charge in [0.05, 0.1) is 19.8 Å². The van der Waals surface area contributed by atoms with E-state index < -0.39 is 0 Å². The highest BCUT2D eigenvalue weighted by Gasteiger charge is 2.44. The second kappa shape index (κ2) is 6.70. The Balaban J connectivity index is 1.85. The van der Waals surface area contributed by atoms with Crippen molar-refractivity contribution in [2.24, 2.45) is 23.7 Å². The summed E-state index contributed by atoms with van der Waals surface area (Å²) in [5.41, 5.74) is 1.32. The maximum absolute atomic E-state index is 11.0. The van der Waals surface area contributed by atoms with Crippen LogP contribution < -0.4 is 0 Å². The predicted molar refractivity (Wildman–Crippen MR) is 72.9 cm³/mol. The fraction of sp³-hybridized carbons (Fsp3) is 0.800. The van der Waals surface area contributed by atoms with Crippen LogP contribution in [0.5, 0.6) is 0 Å². The van der Waals surface area contributed by atoms with Gasteiger partial charge in [-0.25, -0.2) is 4.79 Å². The summed E-state index contributed by atoms with van der Waals surface area (Å²) in [6.07, 6.45) is 3.55. The smallest absolute Gasteiger partial charge is 0.331 e. The first-order valence-electron chi connectivity index (χ1n) is 7.20. The second-order valence-corrected chi connectivity index (χ2v) is 5.92. The van der Waals surface area contributed by atoms with Gasteiger partial charge in [0.2, 0.25) is 0 Å². The van der Waals surface area contributed by atoms with Crippen molar-refractivity contribution < 1.29 is 24.5 Å². The summed E-state index contributed by atoms with van der Waals surface area (Å²) in [6.45, 7) is 2.60. The van der Waals surface area contributed by atoms with Gasteiger partial charge in [0.15, 0.2) is 0 Å². The topological polar surface area (TPSA) is 76.0 Å². The van der Waals surface area contributed by atoms with Gasteiger partial charge in [-0.1, -0.05) is 18.6 Å². The van der Waals surface area contributed by atoms with E-state index in [-0.39, 0.29) is 43.0 Å². The highest BCUT2D eigenvalue weighted by molar-refractivity contribution is 5.70. The number of aliphatic hydroxyl groups excluding tert-OH is 2. The maximum Gasteiger partial charge on any atom is 0.331 e. The van der Waals surface area contributed by atoms with Crippen LogP contribution in [0.15, 0.2) is 11.6 Å². The quantitative estimate of drug-likeness (QED) is 0.556.